The second kappa shape index (κ2) is 4.82. The summed E-state index contributed by atoms with van der Waals surface area (Å²) < 4.78 is 5.49. The zero-order valence-corrected chi connectivity index (χ0v) is 11.0. The summed E-state index contributed by atoms with van der Waals surface area (Å²) in [7, 11) is 0. The Morgan fingerprint density at radius 2 is 1.94 bits per heavy atom. The van der Waals surface area contributed by atoms with E-state index in [9.17, 15) is 14.4 Å². The van der Waals surface area contributed by atoms with E-state index < -0.39 is 17.5 Å². The zero-order valence-electron chi connectivity index (χ0n) is 11.0. The van der Waals surface area contributed by atoms with Crippen LogP contribution in [0.5, 0.6) is 0 Å². The van der Waals surface area contributed by atoms with Crippen molar-refractivity contribution in [3.05, 3.63) is 0 Å². The molecule has 0 amide bonds. The molecule has 1 aliphatic heterocycles. The van der Waals surface area contributed by atoms with Crippen molar-refractivity contribution < 1.29 is 19.1 Å². The lowest BCUT2D eigenvalue weighted by Crippen LogP contribution is -2.51. The molecule has 0 N–H and O–H groups in total. The van der Waals surface area contributed by atoms with Gasteiger partial charge in [0.2, 0.25) is 0 Å². The number of esters is 1. The van der Waals surface area contributed by atoms with Crippen LogP contribution < -0.4 is 0 Å². The first-order valence-electron chi connectivity index (χ1n) is 6.76. The van der Waals surface area contributed by atoms with Crippen molar-refractivity contribution in [3.63, 3.8) is 0 Å². The lowest BCUT2D eigenvalue weighted by atomic mass is 9.73. The fraction of sp³-hybridized carbons (Fsp3) is 0.786. The molecule has 1 unspecified atom stereocenters. The highest BCUT2D eigenvalue weighted by Crippen LogP contribution is 2.41. The van der Waals surface area contributed by atoms with Gasteiger partial charge < -0.3 is 4.74 Å². The van der Waals surface area contributed by atoms with Crippen LogP contribution in [0.2, 0.25) is 0 Å². The van der Waals surface area contributed by atoms with Crippen LogP contribution in [0.1, 0.15) is 52.4 Å². The Kier molecular flexibility index (Phi) is 3.55. The number of ketones is 2. The smallest absolute Gasteiger partial charge is 0.324 e. The van der Waals surface area contributed by atoms with Gasteiger partial charge in [-0.1, -0.05) is 13.8 Å². The maximum atomic E-state index is 12.0. The number of carbonyl (C=O) groups excluding carboxylic acids is 3. The summed E-state index contributed by atoms with van der Waals surface area (Å²) >= 11 is 0. The minimum atomic E-state index is -1.15. The molecule has 0 bridgehead atoms. The first-order valence-corrected chi connectivity index (χ1v) is 6.76. The Morgan fingerprint density at radius 1 is 1.33 bits per heavy atom. The number of hydrogen-bond donors (Lipinski definition) is 0. The predicted octanol–water partition coefficient (Wildman–Crippen LogP) is 2.05. The molecule has 1 spiro atoms. The standard InChI is InChI=1S/C14H20O4/c1-3-10(15)12-11(16)8-14(18-13(12)17)6-4-9(2)5-7-14/h9,12H,3-8H2,1-2H3. The number of hydrogen-bond acceptors (Lipinski definition) is 4. The quantitative estimate of drug-likeness (QED) is 0.557. The maximum absolute atomic E-state index is 12.0. The van der Waals surface area contributed by atoms with Crippen molar-refractivity contribution >= 4 is 17.5 Å². The van der Waals surface area contributed by atoms with Gasteiger partial charge in [-0.3, -0.25) is 14.4 Å². The number of ether oxygens (including phenoxy) is 1. The van der Waals surface area contributed by atoms with Gasteiger partial charge in [0.15, 0.2) is 17.5 Å². The lowest BCUT2D eigenvalue weighted by Gasteiger charge is -2.42. The van der Waals surface area contributed by atoms with Gasteiger partial charge in [-0.2, -0.15) is 0 Å². The van der Waals surface area contributed by atoms with Crippen molar-refractivity contribution in [2.45, 2.75) is 58.0 Å². The molecule has 4 nitrogen and oxygen atoms in total. The SMILES string of the molecule is CCC(=O)C1C(=O)CC2(CCC(C)CC2)OC1=O. The normalized spacial score (nSPS) is 36.6. The van der Waals surface area contributed by atoms with Gasteiger partial charge in [-0.25, -0.2) is 0 Å². The van der Waals surface area contributed by atoms with Crippen LogP contribution in [0.3, 0.4) is 0 Å². The highest BCUT2D eigenvalue weighted by Gasteiger charge is 2.49. The minimum absolute atomic E-state index is 0.204. The summed E-state index contributed by atoms with van der Waals surface area (Å²) in [5, 5.41) is 0. The van der Waals surface area contributed by atoms with E-state index >= 15 is 0 Å². The highest BCUT2D eigenvalue weighted by atomic mass is 16.6. The maximum Gasteiger partial charge on any atom is 0.324 e. The molecular formula is C14H20O4. The molecule has 1 saturated heterocycles. The Balaban J connectivity index is 2.12. The zero-order chi connectivity index (χ0) is 13.3. The molecule has 100 valence electrons. The molecule has 1 saturated carbocycles. The number of rotatable bonds is 2. The highest BCUT2D eigenvalue weighted by molar-refractivity contribution is 6.18. The third-order valence-corrected chi connectivity index (χ3v) is 4.23. The van der Waals surface area contributed by atoms with Crippen molar-refractivity contribution in [2.24, 2.45) is 11.8 Å². The second-order valence-corrected chi connectivity index (χ2v) is 5.68. The summed E-state index contributed by atoms with van der Waals surface area (Å²) in [5.41, 5.74) is -0.606. The van der Waals surface area contributed by atoms with E-state index in [0.29, 0.717) is 5.92 Å². The van der Waals surface area contributed by atoms with E-state index in [1.54, 1.807) is 6.92 Å². The molecule has 0 aromatic carbocycles. The molecule has 1 aliphatic carbocycles. The van der Waals surface area contributed by atoms with Crippen LogP contribution in [-0.2, 0) is 19.1 Å². The van der Waals surface area contributed by atoms with Crippen LogP contribution in [0.25, 0.3) is 0 Å². The summed E-state index contributed by atoms with van der Waals surface area (Å²) in [5.74, 6) is -1.70. The van der Waals surface area contributed by atoms with Gasteiger partial charge in [0, 0.05) is 12.8 Å². The van der Waals surface area contributed by atoms with Gasteiger partial charge in [0.05, 0.1) is 0 Å². The minimum Gasteiger partial charge on any atom is -0.458 e. The van der Waals surface area contributed by atoms with Gasteiger partial charge in [-0.05, 0) is 31.6 Å². The Hall–Kier alpha value is -1.19. The van der Waals surface area contributed by atoms with E-state index in [1.807, 2.05) is 0 Å². The first-order chi connectivity index (χ1) is 8.47. The molecule has 2 rings (SSSR count). The molecule has 4 heteroatoms. The average molecular weight is 252 g/mol. The van der Waals surface area contributed by atoms with Crippen LogP contribution in [0, 0.1) is 11.8 Å². The van der Waals surface area contributed by atoms with Gasteiger partial charge >= 0.3 is 5.97 Å². The molecule has 2 fully saturated rings. The fourth-order valence-corrected chi connectivity index (χ4v) is 2.94. The molecule has 1 atom stereocenters. The van der Waals surface area contributed by atoms with Crippen LogP contribution in [-0.4, -0.2) is 23.1 Å². The van der Waals surface area contributed by atoms with Crippen LogP contribution >= 0.6 is 0 Å². The number of Topliss-reactive ketones (excluding diaryl/α,β-unsaturated/α-hetero) is 2. The van der Waals surface area contributed by atoms with Crippen LogP contribution in [0.15, 0.2) is 0 Å². The fourth-order valence-electron chi connectivity index (χ4n) is 2.94. The molecule has 18 heavy (non-hydrogen) atoms. The molecule has 0 aromatic heterocycles. The largest absolute Gasteiger partial charge is 0.458 e. The van der Waals surface area contributed by atoms with Crippen molar-refractivity contribution in [2.75, 3.05) is 0 Å². The third kappa shape index (κ3) is 2.33. The van der Waals surface area contributed by atoms with Gasteiger partial charge in [0.1, 0.15) is 5.60 Å². The molecule has 0 radical (unpaired) electrons. The Labute approximate surface area is 107 Å². The Morgan fingerprint density at radius 3 is 2.44 bits per heavy atom. The average Bonchev–Trinajstić information content (AvgIpc) is 2.32. The third-order valence-electron chi connectivity index (χ3n) is 4.23. The lowest BCUT2D eigenvalue weighted by molar-refractivity contribution is -0.182. The second-order valence-electron chi connectivity index (χ2n) is 5.68. The van der Waals surface area contributed by atoms with E-state index in [4.69, 9.17) is 4.74 Å². The van der Waals surface area contributed by atoms with E-state index in [0.717, 1.165) is 25.7 Å². The summed E-state index contributed by atoms with van der Waals surface area (Å²) in [6.07, 6.45) is 3.88. The van der Waals surface area contributed by atoms with E-state index in [-0.39, 0.29) is 24.4 Å². The van der Waals surface area contributed by atoms with E-state index in [2.05, 4.69) is 6.92 Å². The predicted molar refractivity (Wildman–Crippen MR) is 64.9 cm³/mol. The van der Waals surface area contributed by atoms with Crippen molar-refractivity contribution in [1.29, 1.82) is 0 Å². The molecular weight excluding hydrogens is 232 g/mol. The number of carbonyl (C=O) groups is 3. The molecule has 1 heterocycles. The summed E-state index contributed by atoms with van der Waals surface area (Å²) in [6.45, 7) is 3.83. The van der Waals surface area contributed by atoms with Crippen molar-refractivity contribution in [1.82, 2.24) is 0 Å². The van der Waals surface area contributed by atoms with Gasteiger partial charge in [0.25, 0.3) is 0 Å². The summed E-state index contributed by atoms with van der Waals surface area (Å²) in [4.78, 5) is 35.5. The Bertz CT molecular complexity index is 357. The molecule has 0 aromatic rings. The van der Waals surface area contributed by atoms with E-state index in [1.165, 1.54) is 0 Å². The summed E-state index contributed by atoms with van der Waals surface area (Å²) in [6, 6.07) is 0. The van der Waals surface area contributed by atoms with Crippen molar-refractivity contribution in [3.8, 4) is 0 Å². The van der Waals surface area contributed by atoms with Crippen LogP contribution in [0.4, 0.5) is 0 Å². The monoisotopic (exact) mass is 252 g/mol. The topological polar surface area (TPSA) is 60.4 Å². The first kappa shape index (κ1) is 13.2. The van der Waals surface area contributed by atoms with Gasteiger partial charge in [-0.15, -0.1) is 0 Å². The molecule has 2 aliphatic rings.